The van der Waals surface area contributed by atoms with Gasteiger partial charge in [0.1, 0.15) is 0 Å². The molecule has 0 spiro atoms. The van der Waals surface area contributed by atoms with Crippen LogP contribution in [0, 0.1) is 0 Å². The maximum absolute atomic E-state index is 2.54. The van der Waals surface area contributed by atoms with E-state index in [1.807, 2.05) is 0 Å². The summed E-state index contributed by atoms with van der Waals surface area (Å²) in [7, 11) is 0. The Hall–Kier alpha value is -0.237. The Morgan fingerprint density at radius 1 is 1.15 bits per heavy atom. The second kappa shape index (κ2) is 2.63. The van der Waals surface area contributed by atoms with E-state index in [1.165, 1.54) is 5.25 Å². The van der Waals surface area contributed by atoms with Gasteiger partial charge in [-0.05, 0) is 0 Å². The summed E-state index contributed by atoms with van der Waals surface area (Å²) in [5, 5.41) is 1.45. The van der Waals surface area contributed by atoms with E-state index in [9.17, 15) is 0 Å². The van der Waals surface area contributed by atoms with Crippen LogP contribution in [0.1, 0.15) is 19.4 Å². The zero-order valence-electron chi connectivity index (χ0n) is 9.02. The van der Waals surface area contributed by atoms with E-state index in [1.54, 1.807) is 9.96 Å². The van der Waals surface area contributed by atoms with Gasteiger partial charge in [0, 0.05) is 0 Å². The average molecular weight is 235 g/mol. The topological polar surface area (TPSA) is 0 Å². The third-order valence-electron chi connectivity index (χ3n) is 3.27. The third kappa shape index (κ3) is 1.36. The molecule has 2 rings (SSSR count). The zero-order valence-corrected chi connectivity index (χ0v) is 11.1. The van der Waals surface area contributed by atoms with Gasteiger partial charge in [0.15, 0.2) is 0 Å². The molecule has 0 atom stereocenters. The molecule has 0 aliphatic carbocycles. The SMILES string of the molecule is CC1(C)[CH2][Ge]([CH3])([CH3])[c]2ccccc21. The van der Waals surface area contributed by atoms with Crippen molar-refractivity contribution in [3.05, 3.63) is 29.8 Å². The summed E-state index contributed by atoms with van der Waals surface area (Å²) < 4.78 is 1.73. The molecule has 0 fully saturated rings. The zero-order chi connectivity index (χ0) is 9.69. The molecule has 0 unspecified atom stereocenters. The van der Waals surface area contributed by atoms with Crippen molar-refractivity contribution in [2.75, 3.05) is 0 Å². The van der Waals surface area contributed by atoms with Gasteiger partial charge in [-0.1, -0.05) is 0 Å². The van der Waals surface area contributed by atoms with Gasteiger partial charge in [-0.25, -0.2) is 0 Å². The Morgan fingerprint density at radius 2 is 1.77 bits per heavy atom. The van der Waals surface area contributed by atoms with Crippen LogP contribution < -0.4 is 4.40 Å². The van der Waals surface area contributed by atoms with Crippen molar-refractivity contribution < 1.29 is 0 Å². The summed E-state index contributed by atoms with van der Waals surface area (Å²) in [4.78, 5) is 0. The van der Waals surface area contributed by atoms with Crippen LogP contribution in [0.5, 0.6) is 0 Å². The summed E-state index contributed by atoms with van der Waals surface area (Å²) in [5.74, 6) is 5.07. The molecular weight excluding hydrogens is 217 g/mol. The number of fused-ring (bicyclic) bond motifs is 1. The molecule has 13 heavy (non-hydrogen) atoms. The van der Waals surface area contributed by atoms with E-state index in [2.05, 4.69) is 49.6 Å². The van der Waals surface area contributed by atoms with Crippen LogP contribution in [0.2, 0.25) is 16.8 Å². The molecule has 70 valence electrons. The first-order chi connectivity index (χ1) is 5.93. The quantitative estimate of drug-likeness (QED) is 0.606. The Kier molecular flexibility index (Phi) is 1.89. The standard InChI is InChI=1S/C12H18Ge/c1-12(2)9-13(3,4)11-8-6-5-7-10(11)12/h5-8H,9H2,1-4H3. The van der Waals surface area contributed by atoms with Crippen molar-refractivity contribution in [1.82, 2.24) is 0 Å². The fourth-order valence-electron chi connectivity index (χ4n) is 2.96. The minimum absolute atomic E-state index is 0.445. The molecule has 0 saturated carbocycles. The molecule has 1 aromatic carbocycles. The van der Waals surface area contributed by atoms with Crippen molar-refractivity contribution in [3.8, 4) is 0 Å². The first-order valence-electron chi connectivity index (χ1n) is 5.03. The number of benzene rings is 1. The van der Waals surface area contributed by atoms with Gasteiger partial charge >= 0.3 is 83.5 Å². The molecule has 1 aliphatic rings. The molecule has 0 bridgehead atoms. The number of rotatable bonds is 0. The van der Waals surface area contributed by atoms with Crippen molar-refractivity contribution in [2.45, 2.75) is 36.0 Å². The predicted octanol–water partition coefficient (Wildman–Crippen LogP) is 2.89. The third-order valence-corrected chi connectivity index (χ3v) is 11.0. The molecular formula is C12H18Ge. The van der Waals surface area contributed by atoms with Crippen molar-refractivity contribution in [2.24, 2.45) is 0 Å². The van der Waals surface area contributed by atoms with Gasteiger partial charge in [0.05, 0.1) is 0 Å². The molecule has 1 aliphatic heterocycles. The number of hydrogen-bond donors (Lipinski definition) is 0. The maximum atomic E-state index is 2.54. The van der Waals surface area contributed by atoms with Crippen LogP contribution in [-0.4, -0.2) is 13.3 Å². The van der Waals surface area contributed by atoms with Crippen LogP contribution in [0.25, 0.3) is 0 Å². The van der Waals surface area contributed by atoms with E-state index in [0.29, 0.717) is 5.41 Å². The van der Waals surface area contributed by atoms with Crippen LogP contribution in [0.15, 0.2) is 24.3 Å². The summed E-state index contributed by atoms with van der Waals surface area (Å²) in [5.41, 5.74) is 2.07. The summed E-state index contributed by atoms with van der Waals surface area (Å²) in [6.07, 6.45) is 0. The average Bonchev–Trinajstić information content (AvgIpc) is 2.20. The van der Waals surface area contributed by atoms with E-state index in [-0.39, 0.29) is 0 Å². The van der Waals surface area contributed by atoms with Crippen molar-refractivity contribution in [1.29, 1.82) is 0 Å². The first-order valence-corrected chi connectivity index (χ1v) is 11.8. The van der Waals surface area contributed by atoms with Gasteiger partial charge in [0.2, 0.25) is 0 Å². The fourth-order valence-corrected chi connectivity index (χ4v) is 12.0. The minimum atomic E-state index is -1.61. The normalized spacial score (nSPS) is 22.8. The van der Waals surface area contributed by atoms with Crippen LogP contribution >= 0.6 is 0 Å². The van der Waals surface area contributed by atoms with Crippen LogP contribution in [0.3, 0.4) is 0 Å². The Morgan fingerprint density at radius 3 is 2.38 bits per heavy atom. The monoisotopic (exact) mass is 236 g/mol. The van der Waals surface area contributed by atoms with Crippen LogP contribution in [-0.2, 0) is 5.41 Å². The van der Waals surface area contributed by atoms with Crippen LogP contribution in [0.4, 0.5) is 0 Å². The Bertz CT molecular complexity index is 304. The first kappa shape index (κ1) is 9.32. The Labute approximate surface area is 83.7 Å². The van der Waals surface area contributed by atoms with Crippen molar-refractivity contribution in [3.63, 3.8) is 0 Å². The molecule has 1 heteroatoms. The van der Waals surface area contributed by atoms with E-state index >= 15 is 0 Å². The molecule has 0 radical (unpaired) electrons. The molecule has 0 aromatic heterocycles. The van der Waals surface area contributed by atoms with Gasteiger partial charge in [-0.3, -0.25) is 0 Å². The van der Waals surface area contributed by atoms with Gasteiger partial charge in [0.25, 0.3) is 0 Å². The Balaban J connectivity index is 2.64. The summed E-state index contributed by atoms with van der Waals surface area (Å²) in [6.45, 7) is 4.79. The van der Waals surface area contributed by atoms with Gasteiger partial charge in [-0.2, -0.15) is 0 Å². The van der Waals surface area contributed by atoms with Gasteiger partial charge in [-0.15, -0.1) is 0 Å². The molecule has 0 amide bonds. The number of hydrogen-bond acceptors (Lipinski definition) is 0. The fraction of sp³-hybridized carbons (Fsp3) is 0.500. The molecule has 1 aromatic rings. The molecule has 0 saturated heterocycles. The molecule has 0 nitrogen and oxygen atoms in total. The van der Waals surface area contributed by atoms with E-state index in [4.69, 9.17) is 0 Å². The summed E-state index contributed by atoms with van der Waals surface area (Å²) in [6, 6.07) is 9.08. The molecule has 0 N–H and O–H groups in total. The second-order valence-electron chi connectivity index (χ2n) is 5.49. The summed E-state index contributed by atoms with van der Waals surface area (Å²) >= 11 is -1.61. The van der Waals surface area contributed by atoms with E-state index in [0.717, 1.165) is 0 Å². The van der Waals surface area contributed by atoms with E-state index < -0.39 is 13.3 Å². The second-order valence-corrected chi connectivity index (χ2v) is 15.3. The molecule has 1 heterocycles. The van der Waals surface area contributed by atoms with Crippen molar-refractivity contribution >= 4 is 17.7 Å². The van der Waals surface area contributed by atoms with Gasteiger partial charge < -0.3 is 0 Å². The predicted molar refractivity (Wildman–Crippen MR) is 61.4 cm³/mol.